The summed E-state index contributed by atoms with van der Waals surface area (Å²) in [6.07, 6.45) is 0. The summed E-state index contributed by atoms with van der Waals surface area (Å²) in [7, 11) is 0. The molecule has 0 amide bonds. The Morgan fingerprint density at radius 1 is 0.297 bits per heavy atom. The molecular formula is C62H39NO. The first-order valence-electron chi connectivity index (χ1n) is 22.3. The lowest BCUT2D eigenvalue weighted by Gasteiger charge is -2.35. The number of benzene rings is 10. The highest BCUT2D eigenvalue weighted by Gasteiger charge is 2.53. The second-order valence-corrected chi connectivity index (χ2v) is 17.4. The lowest BCUT2D eigenvalue weighted by molar-refractivity contribution is 0.669. The van der Waals surface area contributed by atoms with Gasteiger partial charge in [0.15, 0.2) is 0 Å². The van der Waals surface area contributed by atoms with Crippen LogP contribution < -0.4 is 4.90 Å². The van der Waals surface area contributed by atoms with Crippen molar-refractivity contribution in [3.8, 4) is 33.4 Å². The van der Waals surface area contributed by atoms with Crippen LogP contribution in [0.1, 0.15) is 44.5 Å². The molecule has 0 saturated heterocycles. The lowest BCUT2D eigenvalue weighted by Crippen LogP contribution is -2.28. The van der Waals surface area contributed by atoms with E-state index in [-0.39, 0.29) is 0 Å². The number of furan rings is 1. The lowest BCUT2D eigenvalue weighted by atomic mass is 9.68. The number of hydrogen-bond donors (Lipinski definition) is 0. The van der Waals surface area contributed by atoms with Crippen molar-refractivity contribution in [2.45, 2.75) is 10.8 Å². The smallest absolute Gasteiger partial charge is 0.137 e. The van der Waals surface area contributed by atoms with Crippen molar-refractivity contribution in [2.75, 3.05) is 4.90 Å². The van der Waals surface area contributed by atoms with Gasteiger partial charge in [-0.25, -0.2) is 0 Å². The summed E-state index contributed by atoms with van der Waals surface area (Å²) >= 11 is 0. The average Bonchev–Trinajstić information content (AvgIpc) is 4.08. The Labute approximate surface area is 372 Å². The molecule has 10 aromatic carbocycles. The van der Waals surface area contributed by atoms with E-state index >= 15 is 0 Å². The molecular weight excluding hydrogens is 775 g/mol. The van der Waals surface area contributed by atoms with Gasteiger partial charge < -0.3 is 9.32 Å². The van der Waals surface area contributed by atoms with Crippen molar-refractivity contribution >= 4 is 39.0 Å². The third-order valence-electron chi connectivity index (χ3n) is 14.6. The van der Waals surface area contributed by atoms with Gasteiger partial charge in [-0.15, -0.1) is 0 Å². The SMILES string of the molecule is c1ccc(C2(c3ccccc3)c3ccccc3-c3c(N(c4ccc5c(c4)oc4ccccc45)c4cccc5c4-c4ccccc4C54c5ccccc5-c5ccccc54)cccc32)cc1. The molecule has 0 unspecified atom stereocenters. The third-order valence-corrected chi connectivity index (χ3v) is 14.6. The van der Waals surface area contributed by atoms with Crippen LogP contribution in [0.15, 0.2) is 241 Å². The predicted octanol–water partition coefficient (Wildman–Crippen LogP) is 15.8. The highest BCUT2D eigenvalue weighted by atomic mass is 16.3. The summed E-state index contributed by atoms with van der Waals surface area (Å²) in [5.74, 6) is 0. The predicted molar refractivity (Wildman–Crippen MR) is 262 cm³/mol. The Morgan fingerprint density at radius 2 is 0.719 bits per heavy atom. The van der Waals surface area contributed by atoms with E-state index in [4.69, 9.17) is 4.42 Å². The normalized spacial score (nSPS) is 14.2. The number of rotatable bonds is 5. The highest BCUT2D eigenvalue weighted by molar-refractivity contribution is 6.08. The Kier molecular flexibility index (Phi) is 7.28. The molecule has 1 aromatic heterocycles. The number of hydrogen-bond acceptors (Lipinski definition) is 2. The van der Waals surface area contributed by atoms with Crippen molar-refractivity contribution in [1.82, 2.24) is 0 Å². The first-order valence-corrected chi connectivity index (χ1v) is 22.3. The van der Waals surface area contributed by atoms with Crippen LogP contribution >= 0.6 is 0 Å². The largest absolute Gasteiger partial charge is 0.456 e. The fraction of sp³-hybridized carbons (Fsp3) is 0.0323. The van der Waals surface area contributed by atoms with Gasteiger partial charge in [0, 0.05) is 33.7 Å². The van der Waals surface area contributed by atoms with Crippen molar-refractivity contribution in [2.24, 2.45) is 0 Å². The maximum absolute atomic E-state index is 6.69. The minimum atomic E-state index is -0.550. The fourth-order valence-corrected chi connectivity index (χ4v) is 12.2. The van der Waals surface area contributed by atoms with Crippen LogP contribution in [-0.2, 0) is 10.8 Å². The average molecular weight is 814 g/mol. The van der Waals surface area contributed by atoms with E-state index in [0.717, 1.165) is 39.0 Å². The van der Waals surface area contributed by atoms with Gasteiger partial charge in [-0.2, -0.15) is 0 Å². The van der Waals surface area contributed by atoms with Gasteiger partial charge in [-0.3, -0.25) is 0 Å². The molecule has 1 heterocycles. The molecule has 0 N–H and O–H groups in total. The van der Waals surface area contributed by atoms with Crippen molar-refractivity contribution in [3.63, 3.8) is 0 Å². The van der Waals surface area contributed by atoms with Crippen LogP contribution in [0, 0.1) is 0 Å². The van der Waals surface area contributed by atoms with Gasteiger partial charge >= 0.3 is 0 Å². The van der Waals surface area contributed by atoms with E-state index < -0.39 is 10.8 Å². The highest BCUT2D eigenvalue weighted by Crippen LogP contribution is 2.66. The first kappa shape index (κ1) is 35.4. The zero-order valence-corrected chi connectivity index (χ0v) is 34.9. The van der Waals surface area contributed by atoms with Crippen LogP contribution in [0.4, 0.5) is 17.1 Å². The van der Waals surface area contributed by atoms with Crippen molar-refractivity contribution in [3.05, 3.63) is 281 Å². The van der Waals surface area contributed by atoms with E-state index in [1.165, 1.54) is 77.9 Å². The summed E-state index contributed by atoms with van der Waals surface area (Å²) in [5.41, 5.74) is 21.9. The number of anilines is 3. The van der Waals surface area contributed by atoms with Crippen LogP contribution in [-0.4, -0.2) is 0 Å². The van der Waals surface area contributed by atoms with E-state index in [1.54, 1.807) is 0 Å². The summed E-state index contributed by atoms with van der Waals surface area (Å²) < 4.78 is 6.69. The van der Waals surface area contributed by atoms with Crippen LogP contribution in [0.2, 0.25) is 0 Å². The molecule has 0 fully saturated rings. The molecule has 0 aliphatic heterocycles. The molecule has 0 saturated carbocycles. The quantitative estimate of drug-likeness (QED) is 0.172. The third kappa shape index (κ3) is 4.44. The van der Waals surface area contributed by atoms with Gasteiger partial charge in [0.05, 0.1) is 22.2 Å². The minimum Gasteiger partial charge on any atom is -0.456 e. The number of fused-ring (bicyclic) bond motifs is 16. The molecule has 0 bridgehead atoms. The van der Waals surface area contributed by atoms with E-state index in [2.05, 4.69) is 235 Å². The molecule has 0 atom stereocenters. The number of para-hydroxylation sites is 1. The zero-order valence-electron chi connectivity index (χ0n) is 34.9. The van der Waals surface area contributed by atoms with Crippen LogP contribution in [0.25, 0.3) is 55.3 Å². The van der Waals surface area contributed by atoms with Crippen molar-refractivity contribution in [1.29, 1.82) is 0 Å². The molecule has 64 heavy (non-hydrogen) atoms. The summed E-state index contributed by atoms with van der Waals surface area (Å²) in [6.45, 7) is 0. The molecule has 11 aromatic rings. The molecule has 14 rings (SSSR count). The van der Waals surface area contributed by atoms with Gasteiger partial charge in [0.1, 0.15) is 11.2 Å². The Hall–Kier alpha value is -8.20. The number of nitrogens with zero attached hydrogens (tertiary/aromatic N) is 1. The minimum absolute atomic E-state index is 0.482. The Bertz CT molecular complexity index is 3510. The fourth-order valence-electron chi connectivity index (χ4n) is 12.2. The van der Waals surface area contributed by atoms with E-state index in [1.807, 2.05) is 6.07 Å². The molecule has 2 nitrogen and oxygen atoms in total. The molecule has 2 heteroatoms. The maximum atomic E-state index is 6.69. The Morgan fingerprint density at radius 3 is 1.30 bits per heavy atom. The maximum Gasteiger partial charge on any atom is 0.137 e. The van der Waals surface area contributed by atoms with Crippen molar-refractivity contribution < 1.29 is 4.42 Å². The molecule has 1 spiro atoms. The van der Waals surface area contributed by atoms with Gasteiger partial charge in [-0.1, -0.05) is 200 Å². The summed E-state index contributed by atoms with van der Waals surface area (Å²) in [4.78, 5) is 2.54. The topological polar surface area (TPSA) is 16.4 Å². The molecule has 3 aliphatic carbocycles. The van der Waals surface area contributed by atoms with Gasteiger partial charge in [0.25, 0.3) is 0 Å². The second kappa shape index (κ2) is 13.2. The van der Waals surface area contributed by atoms with Gasteiger partial charge in [0.2, 0.25) is 0 Å². The standard InChI is InChI=1S/C62H39NO/c1-3-19-40(20-4-1)61(41-21-5-2-6-22-41)51-30-14-9-26-47(51)59-53(61)32-17-34-55(59)63(42-37-38-46-45-25-11-16-36-57(45)64-58(46)39-42)56-35-18-33-54-60(56)48-27-10-15-31-52(48)62(54)49-28-12-7-23-43(49)44-24-8-13-29-50(44)62/h1-39H. The second-order valence-electron chi connectivity index (χ2n) is 17.4. The zero-order chi connectivity index (χ0) is 42.0. The first-order chi connectivity index (χ1) is 31.8. The molecule has 3 aliphatic rings. The van der Waals surface area contributed by atoms with Crippen LogP contribution in [0.5, 0.6) is 0 Å². The monoisotopic (exact) mass is 813 g/mol. The molecule has 0 radical (unpaired) electrons. The summed E-state index contributed by atoms with van der Waals surface area (Å²) in [6, 6.07) is 87.7. The Balaban J connectivity index is 1.11. The summed E-state index contributed by atoms with van der Waals surface area (Å²) in [5, 5.41) is 2.23. The molecule has 298 valence electrons. The van der Waals surface area contributed by atoms with E-state index in [9.17, 15) is 0 Å². The van der Waals surface area contributed by atoms with Gasteiger partial charge in [-0.05, 0) is 97.1 Å². The van der Waals surface area contributed by atoms with Crippen LogP contribution in [0.3, 0.4) is 0 Å². The van der Waals surface area contributed by atoms with E-state index in [0.29, 0.717) is 0 Å².